The zero-order valence-corrected chi connectivity index (χ0v) is 20.4. The number of hydrogen-bond donors (Lipinski definition) is 1. The van der Waals surface area contributed by atoms with Crippen molar-refractivity contribution in [2.24, 2.45) is 0 Å². The summed E-state index contributed by atoms with van der Waals surface area (Å²) in [6, 6.07) is 11.6. The second-order valence-corrected chi connectivity index (χ2v) is 17.4. The van der Waals surface area contributed by atoms with Gasteiger partial charge in [0, 0.05) is 43.5 Å². The lowest BCUT2D eigenvalue weighted by molar-refractivity contribution is -0.129. The highest BCUT2D eigenvalue weighted by Crippen LogP contribution is 2.41. The van der Waals surface area contributed by atoms with E-state index >= 15 is 0 Å². The van der Waals surface area contributed by atoms with Crippen molar-refractivity contribution in [3.8, 4) is 0 Å². The van der Waals surface area contributed by atoms with Crippen LogP contribution in [0.2, 0.25) is 19.6 Å². The van der Waals surface area contributed by atoms with Crippen molar-refractivity contribution in [3.05, 3.63) is 47.5 Å². The molecule has 4 rings (SSSR count). The topological polar surface area (TPSA) is 81.2 Å². The maximum Gasteiger partial charge on any atom is 0.256 e. The van der Waals surface area contributed by atoms with Crippen molar-refractivity contribution in [1.82, 2.24) is 14.1 Å². The number of nitrogens with zero attached hydrogens (tertiary/aromatic N) is 3. The van der Waals surface area contributed by atoms with E-state index in [9.17, 15) is 18.3 Å². The van der Waals surface area contributed by atoms with E-state index < -0.39 is 23.8 Å². The van der Waals surface area contributed by atoms with Gasteiger partial charge in [-0.25, -0.2) is 12.7 Å². The van der Waals surface area contributed by atoms with E-state index in [1.807, 2.05) is 36.4 Å². The lowest BCUT2D eigenvalue weighted by Gasteiger charge is -2.44. The summed E-state index contributed by atoms with van der Waals surface area (Å²) < 4.78 is 26.1. The Hall–Kier alpha value is -1.78. The summed E-state index contributed by atoms with van der Waals surface area (Å²) in [6.45, 7) is 8.64. The summed E-state index contributed by atoms with van der Waals surface area (Å²) in [6.07, 6.45) is 1.83. The van der Waals surface area contributed by atoms with Gasteiger partial charge in [0.1, 0.15) is 0 Å². The van der Waals surface area contributed by atoms with E-state index in [2.05, 4.69) is 24.5 Å². The minimum absolute atomic E-state index is 0.139. The molecule has 0 aliphatic carbocycles. The smallest absolute Gasteiger partial charge is 0.256 e. The minimum Gasteiger partial charge on any atom is -0.366 e. The Morgan fingerprint density at radius 2 is 1.77 bits per heavy atom. The number of amides is 1. The van der Waals surface area contributed by atoms with Crippen LogP contribution < -0.4 is 0 Å². The van der Waals surface area contributed by atoms with Gasteiger partial charge in [-0.3, -0.25) is 9.69 Å². The number of fused-ring (bicyclic) bond motifs is 4. The lowest BCUT2D eigenvalue weighted by atomic mass is 9.95. The van der Waals surface area contributed by atoms with Crippen LogP contribution in [0.15, 0.2) is 36.4 Å². The molecule has 0 aromatic heterocycles. The highest BCUT2D eigenvalue weighted by molar-refractivity contribution is 7.88. The Kier molecular flexibility index (Phi) is 5.54. The van der Waals surface area contributed by atoms with Gasteiger partial charge in [-0.1, -0.05) is 43.9 Å². The first-order chi connectivity index (χ1) is 14.4. The molecule has 1 unspecified atom stereocenters. The molecule has 2 heterocycles. The average Bonchev–Trinajstić information content (AvgIpc) is 2.88. The zero-order valence-electron chi connectivity index (χ0n) is 18.6. The van der Waals surface area contributed by atoms with Crippen LogP contribution >= 0.6 is 0 Å². The monoisotopic (exact) mass is 461 g/mol. The molecule has 0 saturated carbocycles. The van der Waals surface area contributed by atoms with Gasteiger partial charge in [0.2, 0.25) is 10.0 Å². The second kappa shape index (κ2) is 7.67. The number of carbonyl (C=O) groups excluding carboxylic acids is 1. The lowest BCUT2D eigenvalue weighted by Crippen LogP contribution is -2.59. The second-order valence-electron chi connectivity index (χ2n) is 9.95. The fourth-order valence-corrected chi connectivity index (χ4v) is 8.36. The van der Waals surface area contributed by atoms with Crippen molar-refractivity contribution < 1.29 is 18.3 Å². The maximum absolute atomic E-state index is 13.0. The Balaban J connectivity index is 1.57. The van der Waals surface area contributed by atoms with Gasteiger partial charge in [0.25, 0.3) is 5.91 Å². The molecule has 2 aromatic carbocycles. The van der Waals surface area contributed by atoms with Crippen molar-refractivity contribution in [2.45, 2.75) is 25.4 Å². The van der Waals surface area contributed by atoms with Gasteiger partial charge in [-0.2, -0.15) is 0 Å². The SMILES string of the molecule is C[Si](C)(C)CN(CCN1CCN2C(=O)c3cc4ccccc4cc3C2(O)C1)S(C)(=O)=O. The van der Waals surface area contributed by atoms with Gasteiger partial charge < -0.3 is 10.0 Å². The number of carbonyl (C=O) groups is 1. The van der Waals surface area contributed by atoms with E-state index in [1.165, 1.54) is 6.26 Å². The fraction of sp³-hybridized carbons (Fsp3) is 0.500. The minimum atomic E-state index is -3.30. The van der Waals surface area contributed by atoms with Crippen molar-refractivity contribution in [1.29, 1.82) is 0 Å². The molecule has 1 fully saturated rings. The first kappa shape index (κ1) is 22.4. The summed E-state index contributed by atoms with van der Waals surface area (Å²) in [5.41, 5.74) is -0.189. The Bertz CT molecular complexity index is 1130. The van der Waals surface area contributed by atoms with Crippen molar-refractivity contribution in [2.75, 3.05) is 45.1 Å². The van der Waals surface area contributed by atoms with Gasteiger partial charge in [0.15, 0.2) is 5.72 Å². The predicted molar refractivity (Wildman–Crippen MR) is 125 cm³/mol. The molecule has 7 nitrogen and oxygen atoms in total. The third-order valence-corrected chi connectivity index (χ3v) is 8.92. The normalized spacial score (nSPS) is 22.3. The number of sulfonamides is 1. The van der Waals surface area contributed by atoms with Crippen LogP contribution in [0.3, 0.4) is 0 Å². The molecule has 1 saturated heterocycles. The molecule has 2 aromatic rings. The van der Waals surface area contributed by atoms with Crippen LogP contribution in [0.4, 0.5) is 0 Å². The Labute approximate surface area is 185 Å². The van der Waals surface area contributed by atoms with Crippen molar-refractivity contribution >= 4 is 34.8 Å². The van der Waals surface area contributed by atoms with Crippen molar-refractivity contribution in [3.63, 3.8) is 0 Å². The van der Waals surface area contributed by atoms with E-state index in [0.717, 1.165) is 10.8 Å². The molecule has 0 bridgehead atoms. The number of piperazine rings is 1. The number of rotatable bonds is 6. The van der Waals surface area contributed by atoms with E-state index in [4.69, 9.17) is 0 Å². The van der Waals surface area contributed by atoms with Crippen LogP contribution in [0, 0.1) is 0 Å². The van der Waals surface area contributed by atoms with E-state index in [1.54, 1.807) is 9.21 Å². The highest BCUT2D eigenvalue weighted by atomic mass is 32.2. The molecule has 1 atom stereocenters. The summed E-state index contributed by atoms with van der Waals surface area (Å²) in [5, 5.41) is 13.6. The van der Waals surface area contributed by atoms with Gasteiger partial charge in [-0.15, -0.1) is 0 Å². The van der Waals surface area contributed by atoms with E-state index in [-0.39, 0.29) is 12.5 Å². The number of hydrogen-bond acceptors (Lipinski definition) is 5. The molecule has 0 radical (unpaired) electrons. The molecule has 168 valence electrons. The number of benzene rings is 2. The van der Waals surface area contributed by atoms with Crippen LogP contribution in [-0.4, -0.2) is 86.8 Å². The van der Waals surface area contributed by atoms with Gasteiger partial charge in [-0.05, 0) is 22.9 Å². The number of β-amino-alcohol motifs (C(OH)–C–C–N with tert-alkyl or cyclic N) is 1. The maximum atomic E-state index is 13.0. The van der Waals surface area contributed by atoms with Gasteiger partial charge >= 0.3 is 0 Å². The van der Waals surface area contributed by atoms with E-state index in [0.29, 0.717) is 43.5 Å². The summed E-state index contributed by atoms with van der Waals surface area (Å²) in [5.74, 6) is -0.139. The molecular weight excluding hydrogens is 430 g/mol. The van der Waals surface area contributed by atoms with Crippen LogP contribution in [0.1, 0.15) is 15.9 Å². The predicted octanol–water partition coefficient (Wildman–Crippen LogP) is 1.90. The quantitative estimate of drug-likeness (QED) is 0.665. The van der Waals surface area contributed by atoms with Gasteiger partial charge in [0.05, 0.1) is 20.9 Å². The van der Waals surface area contributed by atoms with Crippen LogP contribution in [-0.2, 0) is 15.7 Å². The molecule has 2 aliphatic rings. The molecule has 31 heavy (non-hydrogen) atoms. The first-order valence-corrected chi connectivity index (χ1v) is 16.2. The highest BCUT2D eigenvalue weighted by Gasteiger charge is 2.51. The van der Waals surface area contributed by atoms with Crippen LogP contribution in [0.5, 0.6) is 0 Å². The standard InChI is InChI=1S/C22H31N3O4SSi/c1-30(28,29)24(16-31(2,3)4)11-9-23-10-12-25-21(26)19-13-17-7-5-6-8-18(17)14-20(19)22(25,27)15-23/h5-8,13-14,27H,9-12,15-16H2,1-4H3. The summed E-state index contributed by atoms with van der Waals surface area (Å²) in [4.78, 5) is 16.6. The molecule has 1 amide bonds. The molecule has 0 spiro atoms. The first-order valence-electron chi connectivity index (χ1n) is 10.6. The summed E-state index contributed by atoms with van der Waals surface area (Å²) >= 11 is 0. The molecular formula is C22H31N3O4SSi. The summed E-state index contributed by atoms with van der Waals surface area (Å²) in [7, 11) is -4.91. The number of aliphatic hydroxyl groups is 1. The van der Waals surface area contributed by atoms with Crippen LogP contribution in [0.25, 0.3) is 10.8 Å². The third-order valence-electron chi connectivity index (χ3n) is 6.11. The Morgan fingerprint density at radius 1 is 1.13 bits per heavy atom. The molecule has 9 heteroatoms. The third kappa shape index (κ3) is 4.29. The molecule has 2 aliphatic heterocycles. The molecule has 1 N–H and O–H groups in total. The average molecular weight is 462 g/mol. The largest absolute Gasteiger partial charge is 0.366 e. The Morgan fingerprint density at radius 3 is 2.39 bits per heavy atom. The zero-order chi connectivity index (χ0) is 22.6. The fourth-order valence-electron chi connectivity index (χ4n) is 4.63.